The number of thioether (sulfide) groups is 1. The minimum Gasteiger partial charge on any atom is -0.465 e. The Morgan fingerprint density at radius 2 is 0.943 bits per heavy atom. The average molecular weight is 1760 g/mol. The van der Waals surface area contributed by atoms with Crippen LogP contribution in [0.25, 0.3) is 14.5 Å². The Bertz CT molecular complexity index is 4620. The molecular weight excluding hydrogens is 1640 g/mol. The van der Waals surface area contributed by atoms with Crippen molar-refractivity contribution in [1.29, 1.82) is 21.0 Å². The van der Waals surface area contributed by atoms with Gasteiger partial charge in [-0.25, -0.2) is 54.3 Å². The Morgan fingerprint density at radius 3 is 1.35 bits per heavy atom. The highest BCUT2D eigenvalue weighted by Crippen LogP contribution is 2.37. The van der Waals surface area contributed by atoms with Crippen LogP contribution in [0, 0.1) is 65.0 Å². The number of anilines is 2. The maximum Gasteiger partial charge on any atom is 0.407 e. The fourth-order valence-corrected chi connectivity index (χ4v) is 14.6. The monoisotopic (exact) mass is 1760 g/mol. The number of piperidine rings is 4. The molecule has 0 bridgehead atoms. The number of rotatable bonds is 22. The molecule has 1 aromatic heterocycles. The molecule has 35 heteroatoms. The van der Waals surface area contributed by atoms with Gasteiger partial charge in [0.05, 0.1) is 68.4 Å². The number of hydrogen-bond donors (Lipinski definition) is 6. The number of hydrogen-bond acceptors (Lipinski definition) is 24. The Kier molecular flexibility index (Phi) is 41.6. The standard InChI is InChI=1S/2C25H32ClN5O4.C21H26ClN5O2.C15H22N4O2S.CH4/c1-5-34-23(32)21-20(28)18(13-27)22(31(21)14-16-9-6-7-11-19(16)26)30-12-8-10-17(15-30)29-24(33)35-25(2,3)4;1-6-34-22(32)17-31(15-18-10-7-8-12-20(18)26)23(21(14-27)28-5)30-13-9-11-19(16-30)29-24(33)35-25(2,3)4;1-21(2,3)29-20(28)26-16-9-7-11-27(14-16)19(18(12-23)24-4)25-13-15-8-5-6-10-17(15)22;1-15(2,3)21-14(20)18-11-7-6-8-19(10-11)13(22-5)12(9-16)17-4;/h6-7,9,11,17H,5,8,10,12,14-15,28H2,1-4H3,(H,29,33);7-8,10,12,19H,6,9,11,13,15-17H2,1-4H3,(H,29,33);5-6,8,10,16,25H,7,9,11,13-14H2,1-3H3,(H,26,28);11H,6-8,10H2,1-3,5H3,(H,18,20);1H4/b;23-21+;19-18-;13-12+;/t17-;19-;16-;11-;/m1111./s1. The highest BCUT2D eigenvalue weighted by atomic mass is 35.5. The second kappa shape index (κ2) is 49.4. The van der Waals surface area contributed by atoms with E-state index in [1.165, 1.54) is 11.8 Å². The number of ether oxygens (including phenoxy) is 6. The lowest BCUT2D eigenvalue weighted by Gasteiger charge is -2.41. The minimum absolute atomic E-state index is 0. The molecule has 0 spiro atoms. The third-order valence-electron chi connectivity index (χ3n) is 18.0. The van der Waals surface area contributed by atoms with Gasteiger partial charge in [0.15, 0.2) is 5.69 Å². The molecule has 5 heterocycles. The summed E-state index contributed by atoms with van der Waals surface area (Å²) in [5.41, 5.74) is 6.66. The van der Waals surface area contributed by atoms with E-state index in [2.05, 4.69) is 47.2 Å². The molecule has 8 rings (SSSR count). The van der Waals surface area contributed by atoms with Crippen LogP contribution in [0.4, 0.5) is 30.7 Å². The Morgan fingerprint density at radius 1 is 0.549 bits per heavy atom. The fraction of sp³-hybridized carbons (Fsp3) is 0.529. The van der Waals surface area contributed by atoms with Gasteiger partial charge in [0.1, 0.15) is 58.0 Å². The maximum atomic E-state index is 12.9. The number of halogens is 3. The van der Waals surface area contributed by atoms with E-state index in [9.17, 15) is 44.6 Å². The van der Waals surface area contributed by atoms with Gasteiger partial charge in [-0.2, -0.15) is 5.26 Å². The molecule has 0 aliphatic carbocycles. The molecule has 122 heavy (non-hydrogen) atoms. The van der Waals surface area contributed by atoms with Gasteiger partial charge in [-0.05, 0) is 189 Å². The summed E-state index contributed by atoms with van der Waals surface area (Å²) in [6.07, 6.45) is 6.22. The Balaban J connectivity index is 0.000000345. The van der Waals surface area contributed by atoms with Crippen LogP contribution < -0.4 is 37.2 Å². The van der Waals surface area contributed by atoms with Crippen LogP contribution in [0.5, 0.6) is 0 Å². The number of esters is 2. The summed E-state index contributed by atoms with van der Waals surface area (Å²) in [5.74, 6) is 0.174. The third-order valence-corrected chi connectivity index (χ3v) is 20.0. The zero-order chi connectivity index (χ0) is 90.0. The van der Waals surface area contributed by atoms with Gasteiger partial charge in [0.2, 0.25) is 0 Å². The molecule has 31 nitrogen and oxygen atoms in total. The number of carbonyl (C=O) groups is 6. The number of carbonyl (C=O) groups excluding carboxylic acids is 6. The topological polar surface area (TPSA) is 373 Å². The first-order chi connectivity index (χ1) is 57.2. The van der Waals surface area contributed by atoms with Gasteiger partial charge in [0.25, 0.3) is 11.4 Å². The number of alkyl carbamates (subject to hydrolysis) is 4. The lowest BCUT2D eigenvalue weighted by Crippen LogP contribution is -2.51. The lowest BCUT2D eigenvalue weighted by atomic mass is 10.1. The molecule has 0 saturated carbocycles. The van der Waals surface area contributed by atoms with Gasteiger partial charge in [-0.3, -0.25) is 4.79 Å². The second-order valence-electron chi connectivity index (χ2n) is 32.3. The Hall–Kier alpha value is -11.6. The molecule has 0 radical (unpaired) electrons. The van der Waals surface area contributed by atoms with Crippen molar-refractivity contribution in [3.05, 3.63) is 184 Å². The molecule has 4 aliphatic heterocycles. The summed E-state index contributed by atoms with van der Waals surface area (Å²) in [5, 5.41) is 55.3. The SMILES string of the molecule is C.CCOC(=O)c1c(N)c(C#N)c(N2CCC[C@@H](NC(=O)OC(C)(C)C)C2)n1Cc1ccccc1Cl.[C-]#[N+]/C(C#N)=C(/N(CC(=O)OCC)Cc1ccccc1Cl)N1CCC[C@@H](NC(=O)OC(C)(C)C)C1.[C-]#[N+]/C(C#N)=C(/NCc1ccccc1Cl)N1CCC[C@@H](NC(=O)OC(C)(C)C)C1.[C-]#[N+]/C(C#N)=C(/SC)N1CCC[C@@H](NC(=O)OC(C)(C)C)C1. The van der Waals surface area contributed by atoms with Gasteiger partial charge in [-0.1, -0.05) is 96.8 Å². The first-order valence-electron chi connectivity index (χ1n) is 39.7. The number of nitrogens with zero attached hydrogens (tertiary/aromatic N) is 13. The smallest absolute Gasteiger partial charge is 0.407 e. The molecular formula is C87H116Cl3N19O12S. The van der Waals surface area contributed by atoms with E-state index in [1.807, 2.05) is 134 Å². The molecule has 4 aromatic rings. The van der Waals surface area contributed by atoms with Crippen molar-refractivity contribution in [2.45, 2.75) is 222 Å². The van der Waals surface area contributed by atoms with Gasteiger partial charge < -0.3 is 89.8 Å². The zero-order valence-electron chi connectivity index (χ0n) is 71.6. The molecule has 4 amide bonds. The number of allylic oxidation sites excluding steroid dienone is 3. The molecule has 4 saturated heterocycles. The van der Waals surface area contributed by atoms with E-state index in [-0.39, 0.29) is 98.5 Å². The summed E-state index contributed by atoms with van der Waals surface area (Å²) in [4.78, 5) is 93.5. The predicted molar refractivity (Wildman–Crippen MR) is 471 cm³/mol. The van der Waals surface area contributed by atoms with Crippen LogP contribution in [0.1, 0.15) is 188 Å². The normalized spacial score (nSPS) is 16.9. The molecule has 0 unspecified atom stereocenters. The maximum absolute atomic E-state index is 12.9. The van der Waals surface area contributed by atoms with Crippen molar-refractivity contribution in [3.63, 3.8) is 0 Å². The second-order valence-corrected chi connectivity index (χ2v) is 34.3. The fourth-order valence-electron chi connectivity index (χ4n) is 13.3. The van der Waals surface area contributed by atoms with E-state index in [0.29, 0.717) is 103 Å². The van der Waals surface area contributed by atoms with E-state index in [0.717, 1.165) is 61.8 Å². The zero-order valence-corrected chi connectivity index (χ0v) is 74.7. The number of likely N-dealkylation sites (tertiary alicyclic amines) is 3. The van der Waals surface area contributed by atoms with Crippen LogP contribution in [0.15, 0.2) is 107 Å². The predicted octanol–water partition coefficient (Wildman–Crippen LogP) is 16.2. The summed E-state index contributed by atoms with van der Waals surface area (Å²) in [6, 6.07) is 29.3. The highest BCUT2D eigenvalue weighted by molar-refractivity contribution is 8.02. The minimum atomic E-state index is -0.632. The molecule has 7 N–H and O–H groups in total. The number of nitrogen functional groups attached to an aromatic ring is 1. The van der Waals surface area contributed by atoms with Crippen molar-refractivity contribution >= 4 is 94.4 Å². The molecule has 4 aliphatic rings. The van der Waals surface area contributed by atoms with Crippen LogP contribution in [0.2, 0.25) is 15.1 Å². The van der Waals surface area contributed by atoms with E-state index in [1.54, 1.807) is 89.1 Å². The van der Waals surface area contributed by atoms with Crippen molar-refractivity contribution in [2.24, 2.45) is 0 Å². The van der Waals surface area contributed by atoms with Crippen LogP contribution >= 0.6 is 46.6 Å². The molecule has 4 fully saturated rings. The molecule has 4 atom stereocenters. The number of amides is 4. The van der Waals surface area contributed by atoms with Gasteiger partial charge in [-0.15, -0.1) is 11.8 Å². The Labute approximate surface area is 738 Å². The third kappa shape index (κ3) is 33.8. The summed E-state index contributed by atoms with van der Waals surface area (Å²) in [7, 11) is 0. The highest BCUT2D eigenvalue weighted by Gasteiger charge is 2.36. The van der Waals surface area contributed by atoms with Crippen LogP contribution in [-0.2, 0) is 52.8 Å². The summed E-state index contributed by atoms with van der Waals surface area (Å²) >= 11 is 20.4. The number of aromatic nitrogens is 1. The summed E-state index contributed by atoms with van der Waals surface area (Å²) in [6.45, 7) is 52.6. The molecule has 3 aromatic carbocycles. The average Bonchev–Trinajstić information content (AvgIpc) is 1.60. The van der Waals surface area contributed by atoms with Crippen LogP contribution in [-0.4, -0.2) is 185 Å². The van der Waals surface area contributed by atoms with E-state index in [4.69, 9.17) is 93.9 Å². The lowest BCUT2D eigenvalue weighted by molar-refractivity contribution is -0.144. The first-order valence-corrected chi connectivity index (χ1v) is 42.0. The number of nitrogens with two attached hydrogens (primary N) is 1. The number of nitrogens with one attached hydrogen (secondary N) is 5. The van der Waals surface area contributed by atoms with Gasteiger partial charge in [0, 0.05) is 105 Å². The number of benzene rings is 3. The summed E-state index contributed by atoms with van der Waals surface area (Å²) < 4.78 is 33.5. The van der Waals surface area contributed by atoms with E-state index >= 15 is 0 Å². The van der Waals surface area contributed by atoms with Crippen molar-refractivity contribution < 1.29 is 57.2 Å². The van der Waals surface area contributed by atoms with E-state index < -0.39 is 58.7 Å². The van der Waals surface area contributed by atoms with Crippen LogP contribution in [0.3, 0.4) is 0 Å². The number of nitriles is 4. The largest absolute Gasteiger partial charge is 0.465 e. The van der Waals surface area contributed by atoms with Crippen molar-refractivity contribution in [3.8, 4) is 24.3 Å². The van der Waals surface area contributed by atoms with Gasteiger partial charge >= 0.3 is 42.0 Å². The van der Waals surface area contributed by atoms with Crippen molar-refractivity contribution in [2.75, 3.05) is 89.0 Å². The quantitative estimate of drug-likeness (QED) is 0.0184. The molecule has 658 valence electrons. The first kappa shape index (κ1) is 103. The van der Waals surface area contributed by atoms with Crippen molar-refractivity contribution in [1.82, 2.24) is 50.8 Å².